The number of rotatable bonds is 5. The van der Waals surface area contributed by atoms with E-state index in [1.165, 1.54) is 0 Å². The lowest BCUT2D eigenvalue weighted by Crippen LogP contribution is -2.47. The van der Waals surface area contributed by atoms with Crippen molar-refractivity contribution in [3.8, 4) is 11.5 Å². The number of amides is 1. The SMILES string of the molecule is CCOc1cc(/C=C/C(=O)N2CC(C)OC(C)C2)ccc1OC. The smallest absolute Gasteiger partial charge is 0.246 e. The fourth-order valence-electron chi connectivity index (χ4n) is 2.70. The first-order valence-corrected chi connectivity index (χ1v) is 7.96. The van der Waals surface area contributed by atoms with E-state index in [0.29, 0.717) is 31.2 Å². The fraction of sp³-hybridized carbons (Fsp3) is 0.500. The van der Waals surface area contributed by atoms with Gasteiger partial charge in [-0.1, -0.05) is 6.07 Å². The van der Waals surface area contributed by atoms with E-state index in [2.05, 4.69) is 0 Å². The van der Waals surface area contributed by atoms with E-state index < -0.39 is 0 Å². The topological polar surface area (TPSA) is 48.0 Å². The molecule has 1 saturated heterocycles. The molecule has 126 valence electrons. The maximum atomic E-state index is 12.3. The van der Waals surface area contributed by atoms with E-state index in [0.717, 1.165) is 5.56 Å². The van der Waals surface area contributed by atoms with Crippen LogP contribution in [0.1, 0.15) is 26.3 Å². The molecule has 2 unspecified atom stereocenters. The molecule has 0 saturated carbocycles. The molecule has 0 N–H and O–H groups in total. The van der Waals surface area contributed by atoms with Gasteiger partial charge in [0.15, 0.2) is 11.5 Å². The maximum Gasteiger partial charge on any atom is 0.246 e. The highest BCUT2D eigenvalue weighted by Gasteiger charge is 2.24. The minimum Gasteiger partial charge on any atom is -0.493 e. The van der Waals surface area contributed by atoms with E-state index in [1.807, 2.05) is 43.9 Å². The number of carbonyl (C=O) groups excluding carboxylic acids is 1. The van der Waals surface area contributed by atoms with Crippen LogP contribution in [0.2, 0.25) is 0 Å². The molecule has 0 spiro atoms. The van der Waals surface area contributed by atoms with Gasteiger partial charge in [-0.25, -0.2) is 0 Å². The van der Waals surface area contributed by atoms with Crippen molar-refractivity contribution in [1.82, 2.24) is 4.90 Å². The van der Waals surface area contributed by atoms with Crippen LogP contribution in [0.5, 0.6) is 11.5 Å². The Balaban J connectivity index is 2.07. The Morgan fingerprint density at radius 3 is 2.61 bits per heavy atom. The van der Waals surface area contributed by atoms with E-state index in [1.54, 1.807) is 19.3 Å². The van der Waals surface area contributed by atoms with Crippen LogP contribution in [0, 0.1) is 0 Å². The van der Waals surface area contributed by atoms with Gasteiger partial charge in [-0.2, -0.15) is 0 Å². The molecule has 0 radical (unpaired) electrons. The quantitative estimate of drug-likeness (QED) is 0.783. The second kappa shape index (κ2) is 8.02. The Kier molecular flexibility index (Phi) is 6.04. The summed E-state index contributed by atoms with van der Waals surface area (Å²) in [5, 5.41) is 0. The molecule has 0 aromatic heterocycles. The number of benzene rings is 1. The van der Waals surface area contributed by atoms with Crippen molar-refractivity contribution in [1.29, 1.82) is 0 Å². The first-order valence-electron chi connectivity index (χ1n) is 7.96. The zero-order chi connectivity index (χ0) is 16.8. The minimum atomic E-state index is 0.000720. The Bertz CT molecular complexity index is 560. The summed E-state index contributed by atoms with van der Waals surface area (Å²) in [7, 11) is 1.61. The summed E-state index contributed by atoms with van der Waals surface area (Å²) in [5.74, 6) is 1.37. The minimum absolute atomic E-state index is 0.000720. The van der Waals surface area contributed by atoms with Gasteiger partial charge >= 0.3 is 0 Å². The average Bonchev–Trinajstić information content (AvgIpc) is 2.52. The number of nitrogens with zero attached hydrogens (tertiary/aromatic N) is 1. The Morgan fingerprint density at radius 1 is 1.30 bits per heavy atom. The van der Waals surface area contributed by atoms with Gasteiger partial charge in [-0.05, 0) is 44.5 Å². The Morgan fingerprint density at radius 2 is 2.00 bits per heavy atom. The fourth-order valence-corrected chi connectivity index (χ4v) is 2.70. The molecule has 0 aliphatic carbocycles. The van der Waals surface area contributed by atoms with Crippen molar-refractivity contribution in [2.24, 2.45) is 0 Å². The molecule has 1 aliphatic rings. The number of hydrogen-bond acceptors (Lipinski definition) is 4. The van der Waals surface area contributed by atoms with Crippen LogP contribution in [-0.2, 0) is 9.53 Å². The van der Waals surface area contributed by atoms with Crippen LogP contribution in [-0.4, -0.2) is 49.8 Å². The molecule has 5 nitrogen and oxygen atoms in total. The van der Waals surface area contributed by atoms with Gasteiger partial charge in [0.25, 0.3) is 0 Å². The standard InChI is InChI=1S/C18H25NO4/c1-5-22-17-10-15(6-8-16(17)21-4)7-9-18(20)19-11-13(2)23-14(3)12-19/h6-10,13-14H,5,11-12H2,1-4H3/b9-7+. The van der Waals surface area contributed by atoms with Crippen molar-refractivity contribution in [2.45, 2.75) is 33.0 Å². The van der Waals surface area contributed by atoms with Crippen LogP contribution in [0.3, 0.4) is 0 Å². The van der Waals surface area contributed by atoms with Crippen LogP contribution in [0.25, 0.3) is 6.08 Å². The third-order valence-corrected chi connectivity index (χ3v) is 3.64. The third-order valence-electron chi connectivity index (χ3n) is 3.64. The van der Waals surface area contributed by atoms with Crippen molar-refractivity contribution < 1.29 is 19.0 Å². The predicted molar refractivity (Wildman–Crippen MR) is 89.8 cm³/mol. The summed E-state index contributed by atoms with van der Waals surface area (Å²) in [6, 6.07) is 5.61. The third kappa shape index (κ3) is 4.73. The first kappa shape index (κ1) is 17.3. The highest BCUT2D eigenvalue weighted by molar-refractivity contribution is 5.92. The number of ether oxygens (including phenoxy) is 3. The average molecular weight is 319 g/mol. The van der Waals surface area contributed by atoms with Gasteiger partial charge in [-0.15, -0.1) is 0 Å². The molecule has 5 heteroatoms. The van der Waals surface area contributed by atoms with Gasteiger partial charge in [0.05, 0.1) is 25.9 Å². The normalized spacial score (nSPS) is 21.5. The summed E-state index contributed by atoms with van der Waals surface area (Å²) in [6.45, 7) is 7.70. The van der Waals surface area contributed by atoms with Gasteiger partial charge in [-0.3, -0.25) is 4.79 Å². The maximum absolute atomic E-state index is 12.3. The molecule has 1 aliphatic heterocycles. The second-order valence-electron chi connectivity index (χ2n) is 5.68. The van der Waals surface area contributed by atoms with Gasteiger partial charge in [0, 0.05) is 19.2 Å². The van der Waals surface area contributed by atoms with Crippen molar-refractivity contribution in [2.75, 3.05) is 26.8 Å². The lowest BCUT2D eigenvalue weighted by Gasteiger charge is -2.34. The number of hydrogen-bond donors (Lipinski definition) is 0. The molecule has 1 amide bonds. The summed E-state index contributed by atoms with van der Waals surface area (Å²) in [5.41, 5.74) is 0.900. The lowest BCUT2D eigenvalue weighted by molar-refractivity contribution is -0.137. The molecule has 1 aromatic rings. The highest BCUT2D eigenvalue weighted by atomic mass is 16.5. The van der Waals surface area contributed by atoms with Gasteiger partial charge in [0.1, 0.15) is 0 Å². The summed E-state index contributed by atoms with van der Waals surface area (Å²) in [6.07, 6.45) is 3.54. The van der Waals surface area contributed by atoms with Gasteiger partial charge < -0.3 is 19.1 Å². The molecular formula is C18H25NO4. The van der Waals surface area contributed by atoms with Crippen LogP contribution < -0.4 is 9.47 Å². The lowest BCUT2D eigenvalue weighted by atomic mass is 10.1. The summed E-state index contributed by atoms with van der Waals surface area (Å²) < 4.78 is 16.5. The first-order chi connectivity index (χ1) is 11.0. The molecule has 2 atom stereocenters. The number of carbonyl (C=O) groups is 1. The van der Waals surface area contributed by atoms with Crippen LogP contribution in [0.15, 0.2) is 24.3 Å². The Labute approximate surface area is 137 Å². The van der Waals surface area contributed by atoms with Crippen molar-refractivity contribution in [3.05, 3.63) is 29.8 Å². The Hall–Kier alpha value is -2.01. The van der Waals surface area contributed by atoms with Crippen LogP contribution >= 0.6 is 0 Å². The zero-order valence-corrected chi connectivity index (χ0v) is 14.2. The van der Waals surface area contributed by atoms with Gasteiger partial charge in [0.2, 0.25) is 5.91 Å². The van der Waals surface area contributed by atoms with E-state index >= 15 is 0 Å². The molecule has 2 rings (SSSR count). The summed E-state index contributed by atoms with van der Waals surface area (Å²) in [4.78, 5) is 14.1. The molecule has 1 fully saturated rings. The molecule has 1 aromatic carbocycles. The van der Waals surface area contributed by atoms with Crippen molar-refractivity contribution >= 4 is 12.0 Å². The molecular weight excluding hydrogens is 294 g/mol. The van der Waals surface area contributed by atoms with Crippen LogP contribution in [0.4, 0.5) is 0 Å². The molecule has 1 heterocycles. The predicted octanol–water partition coefficient (Wildman–Crippen LogP) is 2.74. The highest BCUT2D eigenvalue weighted by Crippen LogP contribution is 2.28. The van der Waals surface area contributed by atoms with E-state index in [-0.39, 0.29) is 18.1 Å². The largest absolute Gasteiger partial charge is 0.493 e. The van der Waals surface area contributed by atoms with Crippen molar-refractivity contribution in [3.63, 3.8) is 0 Å². The van der Waals surface area contributed by atoms with E-state index in [4.69, 9.17) is 14.2 Å². The second-order valence-corrected chi connectivity index (χ2v) is 5.68. The summed E-state index contributed by atoms with van der Waals surface area (Å²) >= 11 is 0. The zero-order valence-electron chi connectivity index (χ0n) is 14.2. The molecule has 23 heavy (non-hydrogen) atoms. The monoisotopic (exact) mass is 319 g/mol. The van der Waals surface area contributed by atoms with E-state index in [9.17, 15) is 4.79 Å². The number of methoxy groups -OCH3 is 1. The molecule has 0 bridgehead atoms. The number of morpholine rings is 1.